The number of unbranched alkanes of at least 4 members (excludes halogenated alkanes) is 33. The lowest BCUT2D eigenvalue weighted by atomic mass is 9.98. The summed E-state index contributed by atoms with van der Waals surface area (Å²) in [6.07, 6.45) is 59.0. The molecular formula is C69H120O12. The van der Waals surface area contributed by atoms with Crippen LogP contribution in [0.2, 0.25) is 0 Å². The normalized spacial score (nSPS) is 18.1. The first kappa shape index (κ1) is 75.4. The van der Waals surface area contributed by atoms with Crippen LogP contribution in [0.15, 0.2) is 60.8 Å². The minimum Gasteiger partial charge on any atom is -0.479 e. The number of hydrogen-bond donors (Lipinski definition) is 3. The van der Waals surface area contributed by atoms with E-state index in [4.69, 9.17) is 23.7 Å². The highest BCUT2D eigenvalue weighted by Gasteiger charge is 2.50. The Kier molecular flexibility index (Phi) is 53.0. The number of ether oxygens (including phenoxy) is 5. The van der Waals surface area contributed by atoms with Gasteiger partial charge in [0.2, 0.25) is 0 Å². The molecule has 0 aliphatic carbocycles. The summed E-state index contributed by atoms with van der Waals surface area (Å²) in [6.45, 7) is 5.87. The monoisotopic (exact) mass is 1140 g/mol. The molecule has 1 fully saturated rings. The highest BCUT2D eigenvalue weighted by molar-refractivity contribution is 5.74. The van der Waals surface area contributed by atoms with E-state index in [2.05, 4.69) is 81.5 Å². The van der Waals surface area contributed by atoms with Gasteiger partial charge >= 0.3 is 23.9 Å². The molecule has 3 N–H and O–H groups in total. The number of aliphatic hydroxyl groups excluding tert-OH is 2. The van der Waals surface area contributed by atoms with Crippen molar-refractivity contribution in [1.82, 2.24) is 0 Å². The standard InChI is InChI=1S/C69H120O12/c1-4-7-10-13-16-19-22-25-27-29-31-33-35-38-40-43-46-49-52-55-61(70)77-58-60(79-62(71)56-53-50-47-44-41-37-24-21-18-15-12-9-6-3)59-78-69-67(65(74)64(73)66(81-69)68(75)76)80-63(72)57-54-51-48-45-42-39-36-34-32-30-28-26-23-20-17-14-11-8-5-2/h9,12,17-18,20-21,26,28,37,41,60,64-67,69,73-74H,4-8,10-11,13-16,19,22-25,27,29-36,38-40,42-59H2,1-3H3,(H,75,76)/b12-9-,20-17-,21-18-,28-26-,41-37-. The van der Waals surface area contributed by atoms with Gasteiger partial charge in [-0.05, 0) is 83.5 Å². The number of carbonyl (C=O) groups excluding carboxylic acids is 3. The fraction of sp³-hybridized carbons (Fsp3) is 0.797. The predicted octanol–water partition coefficient (Wildman–Crippen LogP) is 17.9. The number of carbonyl (C=O) groups is 4. The highest BCUT2D eigenvalue weighted by Crippen LogP contribution is 2.27. The SMILES string of the molecule is CC/C=C\C/C=C\C/C=C\CCCCCC(=O)OC(COC(=O)CCCCCCCCCCCCCCCCCCCCC)COC1OC(C(=O)O)C(O)C(O)C1OC(=O)CCCCCCCCCCC/C=C\C/C=C\CCCCC. The van der Waals surface area contributed by atoms with Gasteiger partial charge in [0.1, 0.15) is 18.8 Å². The molecule has 81 heavy (non-hydrogen) atoms. The van der Waals surface area contributed by atoms with Crippen molar-refractivity contribution in [2.24, 2.45) is 0 Å². The number of aliphatic hydroxyl groups is 2. The molecule has 6 unspecified atom stereocenters. The maximum atomic E-state index is 13.2. The van der Waals surface area contributed by atoms with Crippen LogP contribution in [-0.4, -0.2) is 89.2 Å². The van der Waals surface area contributed by atoms with Gasteiger partial charge in [-0.15, -0.1) is 0 Å². The summed E-state index contributed by atoms with van der Waals surface area (Å²) in [7, 11) is 0. The minimum atomic E-state index is -1.91. The third kappa shape index (κ3) is 46.5. The van der Waals surface area contributed by atoms with E-state index in [1.807, 2.05) is 0 Å². The van der Waals surface area contributed by atoms with Crippen LogP contribution in [0, 0.1) is 0 Å². The molecule has 0 radical (unpaired) electrons. The molecular weight excluding hydrogens is 1020 g/mol. The van der Waals surface area contributed by atoms with E-state index >= 15 is 0 Å². The Labute approximate surface area is 494 Å². The molecule has 1 rings (SSSR count). The van der Waals surface area contributed by atoms with Gasteiger partial charge in [-0.2, -0.15) is 0 Å². The van der Waals surface area contributed by atoms with Crippen molar-refractivity contribution >= 4 is 23.9 Å². The summed E-state index contributed by atoms with van der Waals surface area (Å²) in [5.74, 6) is -3.14. The third-order valence-electron chi connectivity index (χ3n) is 15.1. The first-order chi connectivity index (χ1) is 39.6. The molecule has 6 atom stereocenters. The zero-order valence-electron chi connectivity index (χ0n) is 51.8. The van der Waals surface area contributed by atoms with Crippen LogP contribution in [0.4, 0.5) is 0 Å². The molecule has 1 aliphatic heterocycles. The summed E-state index contributed by atoms with van der Waals surface area (Å²) in [6, 6.07) is 0. The van der Waals surface area contributed by atoms with Crippen LogP contribution in [0.3, 0.4) is 0 Å². The summed E-state index contributed by atoms with van der Waals surface area (Å²) in [5, 5.41) is 31.6. The molecule has 0 aromatic heterocycles. The van der Waals surface area contributed by atoms with E-state index in [1.54, 1.807) is 0 Å². The molecule has 0 aromatic carbocycles. The number of carboxylic acids is 1. The molecule has 12 nitrogen and oxygen atoms in total. The summed E-state index contributed by atoms with van der Waals surface area (Å²) in [4.78, 5) is 51.3. The highest BCUT2D eigenvalue weighted by atomic mass is 16.7. The van der Waals surface area contributed by atoms with Gasteiger partial charge in [0.25, 0.3) is 0 Å². The quantitative estimate of drug-likeness (QED) is 0.0228. The van der Waals surface area contributed by atoms with E-state index in [1.165, 1.54) is 148 Å². The lowest BCUT2D eigenvalue weighted by Crippen LogP contribution is -2.61. The van der Waals surface area contributed by atoms with Gasteiger partial charge in [-0.25, -0.2) is 4.79 Å². The Morgan fingerprint density at radius 3 is 1.22 bits per heavy atom. The van der Waals surface area contributed by atoms with Gasteiger partial charge in [0.05, 0.1) is 6.61 Å². The van der Waals surface area contributed by atoms with E-state index in [-0.39, 0.29) is 25.9 Å². The molecule has 468 valence electrons. The second-order valence-electron chi connectivity index (χ2n) is 22.7. The smallest absolute Gasteiger partial charge is 0.335 e. The molecule has 12 heteroatoms. The van der Waals surface area contributed by atoms with E-state index in [0.717, 1.165) is 96.3 Å². The average molecular weight is 1140 g/mol. The maximum Gasteiger partial charge on any atom is 0.335 e. The summed E-state index contributed by atoms with van der Waals surface area (Å²) in [5.41, 5.74) is 0. The van der Waals surface area contributed by atoms with Crippen LogP contribution in [0.1, 0.15) is 303 Å². The van der Waals surface area contributed by atoms with Gasteiger partial charge in [-0.1, -0.05) is 261 Å². The average Bonchev–Trinajstić information content (AvgIpc) is 3.54. The second kappa shape index (κ2) is 56.9. The number of allylic oxidation sites excluding steroid dienone is 10. The van der Waals surface area contributed by atoms with Crippen LogP contribution < -0.4 is 0 Å². The van der Waals surface area contributed by atoms with Crippen LogP contribution in [-0.2, 0) is 42.9 Å². The van der Waals surface area contributed by atoms with Crippen molar-refractivity contribution < 1.29 is 58.2 Å². The largest absolute Gasteiger partial charge is 0.479 e. The molecule has 1 saturated heterocycles. The fourth-order valence-electron chi connectivity index (χ4n) is 10.0. The predicted molar refractivity (Wildman–Crippen MR) is 331 cm³/mol. The minimum absolute atomic E-state index is 0.0527. The van der Waals surface area contributed by atoms with Crippen molar-refractivity contribution in [3.63, 3.8) is 0 Å². The molecule has 0 bridgehead atoms. The maximum absolute atomic E-state index is 13.2. The molecule has 0 spiro atoms. The van der Waals surface area contributed by atoms with Crippen molar-refractivity contribution in [3.05, 3.63) is 60.8 Å². The third-order valence-corrected chi connectivity index (χ3v) is 15.1. The van der Waals surface area contributed by atoms with Gasteiger partial charge in [0, 0.05) is 19.3 Å². The Morgan fingerprint density at radius 2 is 0.778 bits per heavy atom. The van der Waals surface area contributed by atoms with E-state index in [0.29, 0.717) is 19.3 Å². The number of hydrogen-bond acceptors (Lipinski definition) is 11. The zero-order chi connectivity index (χ0) is 58.9. The van der Waals surface area contributed by atoms with Crippen LogP contribution in [0.5, 0.6) is 0 Å². The topological polar surface area (TPSA) is 175 Å². The van der Waals surface area contributed by atoms with Crippen LogP contribution in [0.25, 0.3) is 0 Å². The first-order valence-electron chi connectivity index (χ1n) is 33.3. The Bertz CT molecular complexity index is 1640. The molecule has 1 heterocycles. The van der Waals surface area contributed by atoms with Crippen molar-refractivity contribution in [2.75, 3.05) is 13.2 Å². The molecule has 1 aliphatic rings. The van der Waals surface area contributed by atoms with Gasteiger partial charge in [-0.3, -0.25) is 14.4 Å². The number of esters is 3. The lowest BCUT2D eigenvalue weighted by Gasteiger charge is -2.40. The van der Waals surface area contributed by atoms with Crippen molar-refractivity contribution in [1.29, 1.82) is 0 Å². The van der Waals surface area contributed by atoms with Crippen LogP contribution >= 0.6 is 0 Å². The second-order valence-corrected chi connectivity index (χ2v) is 22.7. The number of rotatable bonds is 57. The van der Waals surface area contributed by atoms with E-state index < -0.39 is 67.3 Å². The Balaban J connectivity index is 2.62. The molecule has 0 aromatic rings. The number of aliphatic carboxylic acids is 1. The first-order valence-corrected chi connectivity index (χ1v) is 33.3. The lowest BCUT2D eigenvalue weighted by molar-refractivity contribution is -0.301. The molecule has 0 saturated carbocycles. The zero-order valence-corrected chi connectivity index (χ0v) is 51.8. The summed E-state index contributed by atoms with van der Waals surface area (Å²) < 4.78 is 28.5. The Morgan fingerprint density at radius 1 is 0.420 bits per heavy atom. The van der Waals surface area contributed by atoms with Gasteiger partial charge in [0.15, 0.2) is 24.6 Å². The number of carboxylic acid groups (broad SMARTS) is 1. The fourth-order valence-corrected chi connectivity index (χ4v) is 10.0. The van der Waals surface area contributed by atoms with E-state index in [9.17, 15) is 34.5 Å². The van der Waals surface area contributed by atoms with Crippen molar-refractivity contribution in [3.8, 4) is 0 Å². The van der Waals surface area contributed by atoms with Gasteiger partial charge < -0.3 is 39.0 Å². The van der Waals surface area contributed by atoms with Crippen molar-refractivity contribution in [2.45, 2.75) is 340 Å². The Hall–Kier alpha value is -3.58. The molecule has 0 amide bonds. The summed E-state index contributed by atoms with van der Waals surface area (Å²) >= 11 is 0.